The van der Waals surface area contributed by atoms with Gasteiger partial charge in [-0.1, -0.05) is 78.9 Å². The Bertz CT molecular complexity index is 1340. The molecule has 4 N–H and O–H groups in total. The first-order valence-electron chi connectivity index (χ1n) is 15.1. The van der Waals surface area contributed by atoms with Crippen molar-refractivity contribution in [1.29, 1.82) is 0 Å². The number of carbonyl (C=O) groups is 3. The number of carbonyl (C=O) groups excluding carboxylic acids is 3. The van der Waals surface area contributed by atoms with Crippen LogP contribution < -0.4 is 21.3 Å². The number of morpholine rings is 1. The quantitative estimate of drug-likeness (QED) is 0.266. The number of amides is 3. The van der Waals surface area contributed by atoms with Gasteiger partial charge in [-0.15, -0.1) is 0 Å². The highest BCUT2D eigenvalue weighted by molar-refractivity contribution is 5.98. The highest BCUT2D eigenvalue weighted by Crippen LogP contribution is 2.30. The maximum atomic E-state index is 14.0. The lowest BCUT2D eigenvalue weighted by atomic mass is 9.84. The number of ether oxygens (including phenoxy) is 3. The lowest BCUT2D eigenvalue weighted by molar-refractivity contribution is -0.128. The zero-order valence-electron chi connectivity index (χ0n) is 24.9. The minimum Gasteiger partial charge on any atom is -0.453 e. The lowest BCUT2D eigenvalue weighted by Crippen LogP contribution is -2.55. The molecule has 0 aliphatic carbocycles. The number of hydrogen-bond donors (Lipinski definition) is 4. The zero-order valence-corrected chi connectivity index (χ0v) is 24.9. The van der Waals surface area contributed by atoms with Gasteiger partial charge in [0.15, 0.2) is 0 Å². The highest BCUT2D eigenvalue weighted by Gasteiger charge is 2.33. The second kappa shape index (κ2) is 15.5. The number of para-hydroxylation sites is 1. The molecule has 10 heteroatoms. The average molecular weight is 601 g/mol. The van der Waals surface area contributed by atoms with Crippen LogP contribution in [0.1, 0.15) is 35.4 Å². The van der Waals surface area contributed by atoms with Gasteiger partial charge in [0.05, 0.1) is 32.5 Å². The van der Waals surface area contributed by atoms with Crippen LogP contribution in [0, 0.1) is 0 Å². The van der Waals surface area contributed by atoms with Crippen LogP contribution in [0.3, 0.4) is 0 Å². The molecule has 0 bridgehead atoms. The molecule has 232 valence electrons. The van der Waals surface area contributed by atoms with Crippen LogP contribution in [-0.4, -0.2) is 75.6 Å². The summed E-state index contributed by atoms with van der Waals surface area (Å²) in [5, 5.41) is 12.2. The van der Waals surface area contributed by atoms with Crippen LogP contribution in [0.25, 0.3) is 0 Å². The molecule has 4 atom stereocenters. The first-order valence-corrected chi connectivity index (χ1v) is 15.1. The number of rotatable bonds is 11. The molecule has 0 radical (unpaired) electrons. The SMILES string of the molecule is COC(=O)NC(C(=O)Nc1ccccc1CC[C@@H]1CN[C@H](C(=O)NC2CCOC2)CO1)C(c1ccccc1)c1ccccc1. The van der Waals surface area contributed by atoms with E-state index >= 15 is 0 Å². The smallest absolute Gasteiger partial charge is 0.407 e. The Morgan fingerprint density at radius 2 is 1.61 bits per heavy atom. The van der Waals surface area contributed by atoms with Gasteiger partial charge in [0, 0.05) is 24.8 Å². The van der Waals surface area contributed by atoms with E-state index in [0.717, 1.165) is 23.1 Å². The summed E-state index contributed by atoms with van der Waals surface area (Å²) in [4.78, 5) is 39.0. The fourth-order valence-corrected chi connectivity index (χ4v) is 5.70. The molecule has 5 rings (SSSR count). The molecule has 2 unspecified atom stereocenters. The average Bonchev–Trinajstić information content (AvgIpc) is 3.58. The summed E-state index contributed by atoms with van der Waals surface area (Å²) < 4.78 is 16.3. The molecular formula is C34H40N4O6. The van der Waals surface area contributed by atoms with Crippen LogP contribution >= 0.6 is 0 Å². The number of alkyl carbamates (subject to hydrolysis) is 1. The fourth-order valence-electron chi connectivity index (χ4n) is 5.70. The Morgan fingerprint density at radius 3 is 2.23 bits per heavy atom. The van der Waals surface area contributed by atoms with E-state index in [9.17, 15) is 14.4 Å². The minimum absolute atomic E-state index is 0.0619. The van der Waals surface area contributed by atoms with E-state index in [2.05, 4.69) is 21.3 Å². The van der Waals surface area contributed by atoms with E-state index in [1.165, 1.54) is 7.11 Å². The molecule has 0 spiro atoms. The van der Waals surface area contributed by atoms with Gasteiger partial charge in [0.2, 0.25) is 11.8 Å². The van der Waals surface area contributed by atoms with Crippen LogP contribution in [0.4, 0.5) is 10.5 Å². The maximum Gasteiger partial charge on any atom is 0.407 e. The largest absolute Gasteiger partial charge is 0.453 e. The van der Waals surface area contributed by atoms with E-state index in [1.54, 1.807) is 0 Å². The van der Waals surface area contributed by atoms with Gasteiger partial charge in [-0.25, -0.2) is 4.79 Å². The van der Waals surface area contributed by atoms with Crippen molar-refractivity contribution in [2.75, 3.05) is 38.8 Å². The minimum atomic E-state index is -0.954. The van der Waals surface area contributed by atoms with Gasteiger partial charge in [0.25, 0.3) is 0 Å². The maximum absolute atomic E-state index is 14.0. The normalized spacial score (nSPS) is 20.5. The first kappa shape index (κ1) is 31.2. The first-order chi connectivity index (χ1) is 21.5. The number of hydrogen-bond acceptors (Lipinski definition) is 7. The molecule has 0 aromatic heterocycles. The Hall–Kier alpha value is -4.25. The summed E-state index contributed by atoms with van der Waals surface area (Å²) in [5.41, 5.74) is 3.37. The third kappa shape index (κ3) is 8.22. The van der Waals surface area contributed by atoms with E-state index in [4.69, 9.17) is 14.2 Å². The monoisotopic (exact) mass is 600 g/mol. The molecule has 0 saturated carbocycles. The summed E-state index contributed by atoms with van der Waals surface area (Å²) in [6.07, 6.45) is 1.41. The molecule has 44 heavy (non-hydrogen) atoms. The second-order valence-electron chi connectivity index (χ2n) is 11.1. The summed E-state index contributed by atoms with van der Waals surface area (Å²) in [6, 6.07) is 25.6. The van der Waals surface area contributed by atoms with Gasteiger partial charge in [0.1, 0.15) is 12.1 Å². The predicted molar refractivity (Wildman–Crippen MR) is 166 cm³/mol. The topological polar surface area (TPSA) is 127 Å². The third-order valence-electron chi connectivity index (χ3n) is 8.09. The fraction of sp³-hybridized carbons (Fsp3) is 0.382. The summed E-state index contributed by atoms with van der Waals surface area (Å²) >= 11 is 0. The molecule has 3 amide bonds. The standard InChI is InChI=1S/C34H40N4O6/c1-42-34(41)38-31(30(24-11-4-2-5-12-24)25-13-6-3-7-14-25)33(40)37-28-15-9-8-10-23(28)16-17-27-20-35-29(22-44-27)32(39)36-26-18-19-43-21-26/h2-15,26-27,29-31,35H,16-22H2,1H3,(H,36,39)(H,37,40)(H,38,41)/t26?,27-,29+,31?/m1/s1. The molecule has 2 aliphatic rings. The van der Waals surface area contributed by atoms with Crippen LogP contribution in [0.5, 0.6) is 0 Å². The lowest BCUT2D eigenvalue weighted by Gasteiger charge is -2.30. The molecule has 2 saturated heterocycles. The van der Waals surface area contributed by atoms with Gasteiger partial charge in [-0.05, 0) is 42.0 Å². The van der Waals surface area contributed by atoms with E-state index < -0.39 is 18.1 Å². The Morgan fingerprint density at radius 1 is 0.932 bits per heavy atom. The summed E-state index contributed by atoms with van der Waals surface area (Å²) in [5.74, 6) is -0.888. The Kier molecular flexibility index (Phi) is 11.0. The Balaban J connectivity index is 1.25. The van der Waals surface area contributed by atoms with Crippen molar-refractivity contribution in [3.05, 3.63) is 102 Å². The van der Waals surface area contributed by atoms with Crippen molar-refractivity contribution in [1.82, 2.24) is 16.0 Å². The molecule has 3 aromatic rings. The molecular weight excluding hydrogens is 560 g/mol. The highest BCUT2D eigenvalue weighted by atomic mass is 16.5. The second-order valence-corrected chi connectivity index (χ2v) is 11.1. The molecule has 3 aromatic carbocycles. The van der Waals surface area contributed by atoms with Crippen molar-refractivity contribution in [2.24, 2.45) is 0 Å². The van der Waals surface area contributed by atoms with Crippen LogP contribution in [0.15, 0.2) is 84.9 Å². The van der Waals surface area contributed by atoms with Gasteiger partial charge < -0.3 is 35.5 Å². The number of aryl methyl sites for hydroxylation is 1. The van der Waals surface area contributed by atoms with E-state index in [1.807, 2.05) is 84.9 Å². The van der Waals surface area contributed by atoms with Crippen molar-refractivity contribution < 1.29 is 28.6 Å². The predicted octanol–water partition coefficient (Wildman–Crippen LogP) is 3.38. The summed E-state index contributed by atoms with van der Waals surface area (Å²) in [7, 11) is 1.28. The van der Waals surface area contributed by atoms with Crippen molar-refractivity contribution in [3.8, 4) is 0 Å². The molecule has 2 aliphatic heterocycles. The van der Waals surface area contributed by atoms with Crippen molar-refractivity contribution >= 4 is 23.6 Å². The molecule has 2 fully saturated rings. The van der Waals surface area contributed by atoms with Crippen molar-refractivity contribution in [3.63, 3.8) is 0 Å². The number of benzene rings is 3. The van der Waals surface area contributed by atoms with Gasteiger partial charge in [-0.2, -0.15) is 0 Å². The zero-order chi connectivity index (χ0) is 30.7. The number of nitrogens with one attached hydrogen (secondary N) is 4. The Labute approximate surface area is 257 Å². The van der Waals surface area contributed by atoms with Crippen LogP contribution in [-0.2, 0) is 30.2 Å². The van der Waals surface area contributed by atoms with Gasteiger partial charge >= 0.3 is 6.09 Å². The van der Waals surface area contributed by atoms with Crippen LogP contribution in [0.2, 0.25) is 0 Å². The van der Waals surface area contributed by atoms with E-state index in [-0.39, 0.29) is 30.0 Å². The van der Waals surface area contributed by atoms with Crippen molar-refractivity contribution in [2.45, 2.75) is 49.4 Å². The third-order valence-corrected chi connectivity index (χ3v) is 8.09. The number of methoxy groups -OCH3 is 1. The van der Waals surface area contributed by atoms with E-state index in [0.29, 0.717) is 44.9 Å². The number of anilines is 1. The van der Waals surface area contributed by atoms with Gasteiger partial charge in [-0.3, -0.25) is 9.59 Å². The summed E-state index contributed by atoms with van der Waals surface area (Å²) in [6.45, 7) is 2.07. The molecule has 2 heterocycles. The molecule has 10 nitrogen and oxygen atoms in total.